The zero-order valence-corrected chi connectivity index (χ0v) is 33.9. The first kappa shape index (κ1) is 41.7. The molecule has 4 N–H and O–H groups in total. The summed E-state index contributed by atoms with van der Waals surface area (Å²) >= 11 is 0. The molecule has 1 saturated heterocycles. The number of rotatable bonds is 16. The number of methoxy groups -OCH3 is 1. The minimum absolute atomic E-state index is 0.0181. The molecule has 4 heterocycles. The van der Waals surface area contributed by atoms with Gasteiger partial charge >= 0.3 is 0 Å². The fourth-order valence-corrected chi connectivity index (χ4v) is 7.49. The number of nitrogens with one attached hydrogen (secondary N) is 4. The van der Waals surface area contributed by atoms with Gasteiger partial charge in [0.1, 0.15) is 17.5 Å². The highest BCUT2D eigenvalue weighted by atomic mass is 16.5. The molecule has 1 atom stereocenters. The van der Waals surface area contributed by atoms with Gasteiger partial charge in [-0.05, 0) is 55.7 Å². The molecule has 0 radical (unpaired) electrons. The quantitative estimate of drug-likeness (QED) is 0.0755. The molecule has 6 amide bonds. The van der Waals surface area contributed by atoms with Gasteiger partial charge in [0.25, 0.3) is 23.6 Å². The average Bonchev–Trinajstić information content (AvgIpc) is 3.53. The Balaban J connectivity index is 0.923. The summed E-state index contributed by atoms with van der Waals surface area (Å²) in [5.41, 5.74) is 4.54. The summed E-state index contributed by atoms with van der Waals surface area (Å²) in [5, 5.41) is 11.9. The number of ether oxygens (including phenoxy) is 1. The Morgan fingerprint density at radius 3 is 2.43 bits per heavy atom. The Kier molecular flexibility index (Phi) is 12.4. The van der Waals surface area contributed by atoms with E-state index in [1.807, 2.05) is 36.4 Å². The number of unbranched alkanes of at least 4 members (excludes halogenated alkanes) is 2. The second kappa shape index (κ2) is 18.2. The van der Waals surface area contributed by atoms with E-state index >= 15 is 0 Å². The van der Waals surface area contributed by atoms with Crippen LogP contribution in [-0.4, -0.2) is 101 Å². The van der Waals surface area contributed by atoms with Crippen LogP contribution in [0.25, 0.3) is 22.0 Å². The van der Waals surface area contributed by atoms with E-state index in [1.165, 1.54) is 12.3 Å². The highest BCUT2D eigenvalue weighted by molar-refractivity contribution is 6.25. The maximum atomic E-state index is 13.3. The number of carbonyl (C=O) groups excluding carboxylic acids is 7. The lowest BCUT2D eigenvalue weighted by molar-refractivity contribution is -0.136. The number of fused-ring (bicyclic) bond motifs is 2. The highest BCUT2D eigenvalue weighted by Gasteiger charge is 2.45. The number of hydrogen-bond acceptors (Lipinski definition) is 12. The number of benzene rings is 3. The lowest BCUT2D eigenvalue weighted by atomic mass is 10.0. The lowest BCUT2D eigenvalue weighted by Gasteiger charge is -2.27. The summed E-state index contributed by atoms with van der Waals surface area (Å²) < 4.78 is 5.73. The fraction of sp³-hybridized carbons (Fsp3) is 0.267. The van der Waals surface area contributed by atoms with Crippen molar-refractivity contribution in [2.24, 2.45) is 0 Å². The lowest BCUT2D eigenvalue weighted by Crippen LogP contribution is -2.54. The van der Waals surface area contributed by atoms with Crippen molar-refractivity contribution in [1.29, 1.82) is 0 Å². The number of carbonyl (C=O) groups is 7. The van der Waals surface area contributed by atoms with Gasteiger partial charge in [0.05, 0.1) is 41.5 Å². The van der Waals surface area contributed by atoms with Crippen molar-refractivity contribution in [3.8, 4) is 16.9 Å². The van der Waals surface area contributed by atoms with Gasteiger partial charge in [-0.2, -0.15) is 0 Å². The van der Waals surface area contributed by atoms with Crippen molar-refractivity contribution in [1.82, 2.24) is 30.4 Å². The maximum Gasteiger partial charge on any atom is 0.272 e. The van der Waals surface area contributed by atoms with E-state index < -0.39 is 29.7 Å². The largest absolute Gasteiger partial charge is 0.496 e. The summed E-state index contributed by atoms with van der Waals surface area (Å²) in [4.78, 5) is 101. The van der Waals surface area contributed by atoms with Crippen LogP contribution in [0.3, 0.4) is 0 Å². The molecule has 312 valence electrons. The highest BCUT2D eigenvalue weighted by Crippen LogP contribution is 2.38. The number of imide groups is 2. The molecule has 0 bridgehead atoms. The van der Waals surface area contributed by atoms with Crippen LogP contribution in [0.2, 0.25) is 0 Å². The number of nitrogens with zero attached hydrogens (tertiary/aromatic N) is 4. The molecule has 2 aromatic heterocycles. The summed E-state index contributed by atoms with van der Waals surface area (Å²) in [5.74, 6) is -2.53. The molecule has 3 aromatic carbocycles. The fourth-order valence-electron chi connectivity index (χ4n) is 7.49. The SMILES string of the molecule is CNC(=O)c1cnc2cc(OC)c(-c3ccc(C(=O)N(C)CCCCCC(=O)CNc4cccc5c4C(=O)N(C4CCC(=O)NC4=O)C5=O)nc3)cc2c1Nc1ccccc1. The van der Waals surface area contributed by atoms with E-state index in [2.05, 4.69) is 31.2 Å². The van der Waals surface area contributed by atoms with Gasteiger partial charge in [0.15, 0.2) is 5.78 Å². The molecule has 1 unspecified atom stereocenters. The molecule has 2 aliphatic rings. The zero-order valence-electron chi connectivity index (χ0n) is 33.9. The van der Waals surface area contributed by atoms with E-state index in [-0.39, 0.29) is 60.2 Å². The second-order valence-corrected chi connectivity index (χ2v) is 14.7. The topological polar surface area (TPSA) is 209 Å². The summed E-state index contributed by atoms with van der Waals surface area (Å²) in [6.45, 7) is 0.377. The van der Waals surface area contributed by atoms with E-state index in [9.17, 15) is 33.6 Å². The molecule has 16 nitrogen and oxygen atoms in total. The van der Waals surface area contributed by atoms with Crippen LogP contribution in [0.1, 0.15) is 80.1 Å². The molecule has 7 rings (SSSR count). The summed E-state index contributed by atoms with van der Waals surface area (Å²) in [6, 6.07) is 20.3. The second-order valence-electron chi connectivity index (χ2n) is 14.7. The molecular weight excluding hydrogens is 781 g/mol. The van der Waals surface area contributed by atoms with Gasteiger partial charge in [-0.25, -0.2) is 0 Å². The summed E-state index contributed by atoms with van der Waals surface area (Å²) in [6.07, 6.45) is 5.39. The Hall–Kier alpha value is -7.49. The number of piperidine rings is 1. The minimum atomic E-state index is -1.08. The predicted octanol–water partition coefficient (Wildman–Crippen LogP) is 5.12. The smallest absolute Gasteiger partial charge is 0.272 e. The first-order chi connectivity index (χ1) is 29.5. The Bertz CT molecular complexity index is 2560. The van der Waals surface area contributed by atoms with Crippen LogP contribution in [-0.2, 0) is 14.4 Å². The van der Waals surface area contributed by atoms with Gasteiger partial charge in [0, 0.05) is 79.8 Å². The Labute approximate surface area is 351 Å². The van der Waals surface area contributed by atoms with Crippen molar-refractivity contribution >= 4 is 69.2 Å². The van der Waals surface area contributed by atoms with Crippen molar-refractivity contribution < 1.29 is 38.3 Å². The number of aromatic nitrogens is 2. The average molecular weight is 825 g/mol. The van der Waals surface area contributed by atoms with Crippen molar-refractivity contribution in [3.05, 3.63) is 108 Å². The number of ketones is 1. The van der Waals surface area contributed by atoms with E-state index in [1.54, 1.807) is 62.6 Å². The third kappa shape index (κ3) is 8.78. The Morgan fingerprint density at radius 2 is 1.70 bits per heavy atom. The number of anilines is 3. The molecule has 5 aromatic rings. The van der Waals surface area contributed by atoms with Gasteiger partial charge < -0.3 is 25.6 Å². The summed E-state index contributed by atoms with van der Waals surface area (Å²) in [7, 11) is 4.82. The first-order valence-electron chi connectivity index (χ1n) is 19.9. The molecule has 61 heavy (non-hydrogen) atoms. The molecular formula is C45H44N8O8. The third-order valence-electron chi connectivity index (χ3n) is 10.7. The first-order valence-corrected chi connectivity index (χ1v) is 19.9. The van der Waals surface area contributed by atoms with Crippen LogP contribution in [0.5, 0.6) is 5.75 Å². The van der Waals surface area contributed by atoms with Crippen molar-refractivity contribution in [3.63, 3.8) is 0 Å². The standard InChI is InChI=1S/C45H44N8O8/c1-46-41(56)32-25-49-35-22-37(61-3)30(21-31(35)40(32)50-27-11-6-4-7-12-27)26-16-17-34(47-23-26)44(59)52(2)20-9-5-8-13-28(54)24-48-33-15-10-14-29-39(33)45(60)53(43(29)58)36-18-19-38(55)51-42(36)57/h4,6-7,10-12,14-17,21-23,25,36,48H,5,8-9,13,18-20,24H2,1-3H3,(H,46,56)(H,49,50)(H,51,55,57). The van der Waals surface area contributed by atoms with E-state index in [0.717, 1.165) is 10.6 Å². The number of hydrogen-bond donors (Lipinski definition) is 4. The number of amides is 6. The monoisotopic (exact) mass is 824 g/mol. The number of pyridine rings is 2. The van der Waals surface area contributed by atoms with Gasteiger partial charge in [-0.3, -0.25) is 53.7 Å². The normalized spacial score (nSPS) is 14.7. The molecule has 0 saturated carbocycles. The Morgan fingerprint density at radius 1 is 0.902 bits per heavy atom. The van der Waals surface area contributed by atoms with E-state index in [4.69, 9.17) is 4.74 Å². The maximum absolute atomic E-state index is 13.3. The van der Waals surface area contributed by atoms with E-state index in [0.29, 0.717) is 70.5 Å². The van der Waals surface area contributed by atoms with Crippen LogP contribution < -0.4 is 26.0 Å². The van der Waals surface area contributed by atoms with Crippen LogP contribution in [0.15, 0.2) is 85.2 Å². The van der Waals surface area contributed by atoms with Gasteiger partial charge in [0.2, 0.25) is 11.8 Å². The van der Waals surface area contributed by atoms with Crippen LogP contribution in [0.4, 0.5) is 17.1 Å². The zero-order chi connectivity index (χ0) is 43.2. The van der Waals surface area contributed by atoms with Crippen molar-refractivity contribution in [2.75, 3.05) is 44.9 Å². The third-order valence-corrected chi connectivity index (χ3v) is 10.7. The van der Waals surface area contributed by atoms with Crippen molar-refractivity contribution in [2.45, 2.75) is 44.6 Å². The number of para-hydroxylation sites is 1. The van der Waals surface area contributed by atoms with Crippen LogP contribution >= 0.6 is 0 Å². The van der Waals surface area contributed by atoms with Crippen LogP contribution in [0, 0.1) is 0 Å². The van der Waals surface area contributed by atoms with Gasteiger partial charge in [-0.15, -0.1) is 0 Å². The molecule has 1 fully saturated rings. The molecule has 0 spiro atoms. The molecule has 0 aliphatic carbocycles. The molecule has 16 heteroatoms. The predicted molar refractivity (Wildman–Crippen MR) is 227 cm³/mol. The van der Waals surface area contributed by atoms with Gasteiger partial charge in [-0.1, -0.05) is 36.8 Å². The minimum Gasteiger partial charge on any atom is -0.496 e. The number of Topliss-reactive ketones (excluding diaryl/α,β-unsaturated/α-hetero) is 1. The molecule has 2 aliphatic heterocycles.